The molecule has 1 saturated heterocycles. The standard InChI is InChI=1S/C21H20ClFN4O/c22-18-9-2-1-6-16(18)13-26-14-19(24-25-26)21(28)27-11-4-3-10-20(27)15-7-5-8-17(23)12-15/h1-2,5-9,12,14,20H,3-4,10-11,13H2/t20-/m1/s1. The number of piperidine rings is 1. The summed E-state index contributed by atoms with van der Waals surface area (Å²) in [5, 5.41) is 8.79. The molecule has 1 fully saturated rings. The SMILES string of the molecule is O=C(c1cn(Cc2ccccc2Cl)nn1)N1CCCC[C@@H]1c1cccc(F)c1. The van der Waals surface area contributed by atoms with Crippen LogP contribution in [-0.4, -0.2) is 32.3 Å². The van der Waals surface area contributed by atoms with E-state index >= 15 is 0 Å². The van der Waals surface area contributed by atoms with Crippen molar-refractivity contribution in [3.05, 3.63) is 82.4 Å². The summed E-state index contributed by atoms with van der Waals surface area (Å²) in [7, 11) is 0. The van der Waals surface area contributed by atoms with Gasteiger partial charge in [0.25, 0.3) is 5.91 Å². The maximum absolute atomic E-state index is 13.7. The molecule has 1 aromatic heterocycles. The number of hydrogen-bond donors (Lipinski definition) is 0. The molecular weight excluding hydrogens is 379 g/mol. The van der Waals surface area contributed by atoms with Gasteiger partial charge in [-0.05, 0) is 48.6 Å². The summed E-state index contributed by atoms with van der Waals surface area (Å²) in [5.74, 6) is -0.472. The topological polar surface area (TPSA) is 51.0 Å². The summed E-state index contributed by atoms with van der Waals surface area (Å²) in [6, 6.07) is 13.8. The van der Waals surface area contributed by atoms with Gasteiger partial charge in [0.15, 0.2) is 5.69 Å². The van der Waals surface area contributed by atoms with Gasteiger partial charge in [-0.1, -0.05) is 47.1 Å². The monoisotopic (exact) mass is 398 g/mol. The lowest BCUT2D eigenvalue weighted by molar-refractivity contribution is 0.0605. The van der Waals surface area contributed by atoms with Crippen LogP contribution in [0.3, 0.4) is 0 Å². The van der Waals surface area contributed by atoms with Gasteiger partial charge in [0, 0.05) is 11.6 Å². The molecule has 144 valence electrons. The van der Waals surface area contributed by atoms with E-state index in [-0.39, 0.29) is 23.5 Å². The van der Waals surface area contributed by atoms with Crippen LogP contribution in [-0.2, 0) is 6.54 Å². The lowest BCUT2D eigenvalue weighted by Gasteiger charge is -2.35. The first-order valence-corrected chi connectivity index (χ1v) is 9.69. The maximum atomic E-state index is 13.7. The van der Waals surface area contributed by atoms with Gasteiger partial charge in [-0.15, -0.1) is 5.10 Å². The molecule has 4 rings (SSSR count). The number of carbonyl (C=O) groups is 1. The molecule has 7 heteroatoms. The van der Waals surface area contributed by atoms with Gasteiger partial charge >= 0.3 is 0 Å². The Labute approximate surface area is 167 Å². The number of aromatic nitrogens is 3. The van der Waals surface area contributed by atoms with Gasteiger partial charge in [-0.3, -0.25) is 4.79 Å². The number of rotatable bonds is 4. The summed E-state index contributed by atoms with van der Waals surface area (Å²) in [6.45, 7) is 1.06. The minimum atomic E-state index is -0.291. The van der Waals surface area contributed by atoms with Crippen molar-refractivity contribution in [2.45, 2.75) is 31.8 Å². The van der Waals surface area contributed by atoms with E-state index in [1.165, 1.54) is 12.1 Å². The molecule has 1 aliphatic rings. The van der Waals surface area contributed by atoms with Crippen molar-refractivity contribution in [2.24, 2.45) is 0 Å². The normalized spacial score (nSPS) is 16.9. The fourth-order valence-corrected chi connectivity index (χ4v) is 3.85. The minimum Gasteiger partial charge on any atom is -0.330 e. The molecule has 2 aromatic carbocycles. The maximum Gasteiger partial charge on any atom is 0.276 e. The Bertz CT molecular complexity index is 990. The van der Waals surface area contributed by atoms with Gasteiger partial charge in [-0.25, -0.2) is 9.07 Å². The number of likely N-dealkylation sites (tertiary alicyclic amines) is 1. The Morgan fingerprint density at radius 3 is 2.86 bits per heavy atom. The molecule has 2 heterocycles. The highest BCUT2D eigenvalue weighted by Crippen LogP contribution is 2.32. The summed E-state index contributed by atoms with van der Waals surface area (Å²) in [5.41, 5.74) is 2.01. The first-order chi connectivity index (χ1) is 13.6. The third-order valence-electron chi connectivity index (χ3n) is 5.05. The molecule has 0 bridgehead atoms. The molecule has 1 amide bonds. The van der Waals surface area contributed by atoms with E-state index in [1.807, 2.05) is 30.3 Å². The quantitative estimate of drug-likeness (QED) is 0.650. The Hall–Kier alpha value is -2.73. The lowest BCUT2D eigenvalue weighted by atomic mass is 9.95. The Kier molecular flexibility index (Phi) is 5.39. The first-order valence-electron chi connectivity index (χ1n) is 9.32. The second-order valence-corrected chi connectivity index (χ2v) is 7.37. The van der Waals surface area contributed by atoms with Crippen molar-refractivity contribution in [3.8, 4) is 0 Å². The van der Waals surface area contributed by atoms with E-state index in [0.717, 1.165) is 30.4 Å². The zero-order valence-corrected chi connectivity index (χ0v) is 16.0. The van der Waals surface area contributed by atoms with E-state index in [1.54, 1.807) is 21.8 Å². The highest BCUT2D eigenvalue weighted by Gasteiger charge is 2.30. The molecular formula is C21H20ClFN4O. The third-order valence-corrected chi connectivity index (χ3v) is 5.41. The van der Waals surface area contributed by atoms with Crippen molar-refractivity contribution in [3.63, 3.8) is 0 Å². The van der Waals surface area contributed by atoms with Crippen molar-refractivity contribution in [2.75, 3.05) is 6.54 Å². The van der Waals surface area contributed by atoms with Crippen LogP contribution in [0.4, 0.5) is 4.39 Å². The number of nitrogens with zero attached hydrogens (tertiary/aromatic N) is 4. The summed E-state index contributed by atoms with van der Waals surface area (Å²) in [6.07, 6.45) is 4.38. The molecule has 0 spiro atoms. The van der Waals surface area contributed by atoms with Gasteiger partial charge in [0.05, 0.1) is 18.8 Å². The average Bonchev–Trinajstić information content (AvgIpc) is 3.18. The second kappa shape index (κ2) is 8.10. The Morgan fingerprint density at radius 2 is 2.04 bits per heavy atom. The summed E-state index contributed by atoms with van der Waals surface area (Å²) < 4.78 is 15.3. The fraction of sp³-hybridized carbons (Fsp3) is 0.286. The molecule has 28 heavy (non-hydrogen) atoms. The highest BCUT2D eigenvalue weighted by molar-refractivity contribution is 6.31. The number of halogens is 2. The van der Waals surface area contributed by atoms with Crippen LogP contribution in [0.1, 0.15) is 46.9 Å². The largest absolute Gasteiger partial charge is 0.330 e. The number of benzene rings is 2. The fourth-order valence-electron chi connectivity index (χ4n) is 3.66. The predicted molar refractivity (Wildman–Crippen MR) is 105 cm³/mol. The lowest BCUT2D eigenvalue weighted by Crippen LogP contribution is -2.38. The first kappa shape index (κ1) is 18.6. The second-order valence-electron chi connectivity index (χ2n) is 6.96. The van der Waals surface area contributed by atoms with Gasteiger partial charge in [0.2, 0.25) is 0 Å². The zero-order chi connectivity index (χ0) is 19.5. The van der Waals surface area contributed by atoms with Crippen molar-refractivity contribution in [1.29, 1.82) is 0 Å². The zero-order valence-electron chi connectivity index (χ0n) is 15.3. The van der Waals surface area contributed by atoms with E-state index in [2.05, 4.69) is 10.3 Å². The number of hydrogen-bond acceptors (Lipinski definition) is 3. The van der Waals surface area contributed by atoms with Crippen molar-refractivity contribution >= 4 is 17.5 Å². The van der Waals surface area contributed by atoms with Crippen LogP contribution in [0.25, 0.3) is 0 Å². The minimum absolute atomic E-state index is 0.148. The van der Waals surface area contributed by atoms with Crippen LogP contribution >= 0.6 is 11.6 Å². The van der Waals surface area contributed by atoms with Crippen LogP contribution in [0.15, 0.2) is 54.7 Å². The van der Waals surface area contributed by atoms with Crippen molar-refractivity contribution in [1.82, 2.24) is 19.9 Å². The Morgan fingerprint density at radius 1 is 1.18 bits per heavy atom. The molecule has 0 unspecified atom stereocenters. The Balaban J connectivity index is 1.54. The molecule has 0 N–H and O–H groups in total. The van der Waals surface area contributed by atoms with Crippen molar-refractivity contribution < 1.29 is 9.18 Å². The molecule has 0 aliphatic carbocycles. The van der Waals surface area contributed by atoms with E-state index < -0.39 is 0 Å². The van der Waals surface area contributed by atoms with Crippen LogP contribution in [0, 0.1) is 5.82 Å². The molecule has 1 atom stereocenters. The number of carbonyl (C=O) groups excluding carboxylic acids is 1. The third kappa shape index (κ3) is 3.92. The smallest absolute Gasteiger partial charge is 0.276 e. The molecule has 0 radical (unpaired) electrons. The van der Waals surface area contributed by atoms with Gasteiger partial charge in [0.1, 0.15) is 5.82 Å². The van der Waals surface area contributed by atoms with E-state index in [9.17, 15) is 9.18 Å². The summed E-state index contributed by atoms with van der Waals surface area (Å²) in [4.78, 5) is 14.9. The van der Waals surface area contributed by atoms with Crippen LogP contribution < -0.4 is 0 Å². The van der Waals surface area contributed by atoms with Gasteiger partial charge < -0.3 is 4.90 Å². The van der Waals surface area contributed by atoms with Crippen LogP contribution in [0.5, 0.6) is 0 Å². The predicted octanol–water partition coefficient (Wildman–Crippen LogP) is 4.49. The molecule has 0 saturated carbocycles. The number of amides is 1. The molecule has 5 nitrogen and oxygen atoms in total. The van der Waals surface area contributed by atoms with E-state index in [0.29, 0.717) is 18.1 Å². The molecule has 1 aliphatic heterocycles. The van der Waals surface area contributed by atoms with Crippen LogP contribution in [0.2, 0.25) is 5.02 Å². The van der Waals surface area contributed by atoms with E-state index in [4.69, 9.17) is 11.6 Å². The molecule has 3 aromatic rings. The summed E-state index contributed by atoms with van der Waals surface area (Å²) >= 11 is 6.20. The average molecular weight is 399 g/mol. The van der Waals surface area contributed by atoms with Gasteiger partial charge in [-0.2, -0.15) is 0 Å². The highest BCUT2D eigenvalue weighted by atomic mass is 35.5.